The zero-order valence-corrected chi connectivity index (χ0v) is 16.0. The van der Waals surface area contributed by atoms with Gasteiger partial charge in [-0.25, -0.2) is 4.68 Å². The summed E-state index contributed by atoms with van der Waals surface area (Å²) in [6, 6.07) is 13.7. The lowest BCUT2D eigenvalue weighted by Gasteiger charge is -2.32. The molecule has 1 aromatic heterocycles. The highest BCUT2D eigenvalue weighted by molar-refractivity contribution is 8.00. The maximum absolute atomic E-state index is 13.3. The number of alkyl halides is 3. The van der Waals surface area contributed by atoms with Crippen LogP contribution in [0, 0.1) is 6.92 Å². The average Bonchev–Trinajstić information content (AvgIpc) is 3.07. The van der Waals surface area contributed by atoms with E-state index < -0.39 is 28.9 Å². The maximum atomic E-state index is 13.3. The molecule has 0 aliphatic carbocycles. The Hall–Kier alpha value is -3.01. The van der Waals surface area contributed by atoms with E-state index in [-0.39, 0.29) is 5.69 Å². The van der Waals surface area contributed by atoms with E-state index in [1.807, 2.05) is 30.3 Å². The number of halogens is 3. The first-order valence-electron chi connectivity index (χ1n) is 8.72. The number of hydrogen-bond acceptors (Lipinski definition) is 5. The molecule has 2 unspecified atom stereocenters. The number of nitrogens with zero attached hydrogens (tertiary/aromatic N) is 3. The van der Waals surface area contributed by atoms with Crippen LogP contribution in [0.15, 0.2) is 59.8 Å². The van der Waals surface area contributed by atoms with E-state index >= 15 is 0 Å². The molecule has 1 amide bonds. The zero-order chi connectivity index (χ0) is 20.6. The van der Waals surface area contributed by atoms with Gasteiger partial charge in [0.1, 0.15) is 11.1 Å². The highest BCUT2D eigenvalue weighted by Crippen LogP contribution is 2.39. The number of aromatic nitrogens is 3. The predicted molar refractivity (Wildman–Crippen MR) is 103 cm³/mol. The Bertz CT molecular complexity index is 1040. The van der Waals surface area contributed by atoms with Gasteiger partial charge in [0, 0.05) is 0 Å². The van der Waals surface area contributed by atoms with Crippen molar-refractivity contribution in [1.82, 2.24) is 14.9 Å². The molecule has 0 radical (unpaired) electrons. The molecule has 0 spiro atoms. The summed E-state index contributed by atoms with van der Waals surface area (Å²) in [4.78, 5) is 13.1. The van der Waals surface area contributed by atoms with Crippen molar-refractivity contribution in [2.75, 3.05) is 10.7 Å². The summed E-state index contributed by atoms with van der Waals surface area (Å²) in [7, 11) is 0. The van der Waals surface area contributed by atoms with Crippen LogP contribution in [0.2, 0.25) is 0 Å². The molecule has 3 aromatic rings. The number of hydrogen-bond donors (Lipinski definition) is 2. The van der Waals surface area contributed by atoms with Gasteiger partial charge in [0.2, 0.25) is 11.1 Å². The van der Waals surface area contributed by atoms with E-state index in [1.165, 1.54) is 18.2 Å². The fourth-order valence-corrected chi connectivity index (χ4v) is 4.24. The van der Waals surface area contributed by atoms with Crippen LogP contribution in [-0.4, -0.2) is 26.0 Å². The van der Waals surface area contributed by atoms with Crippen LogP contribution in [-0.2, 0) is 11.0 Å². The number of anilines is 1. The van der Waals surface area contributed by atoms with Crippen molar-refractivity contribution >= 4 is 23.4 Å². The number of benzene rings is 2. The monoisotopic (exact) mass is 419 g/mol. The Morgan fingerprint density at radius 1 is 1.10 bits per heavy atom. The van der Waals surface area contributed by atoms with Crippen molar-refractivity contribution in [2.24, 2.45) is 0 Å². The van der Waals surface area contributed by atoms with Gasteiger partial charge in [-0.1, -0.05) is 54.2 Å². The minimum atomic E-state index is -4.57. The fraction of sp³-hybridized carbons (Fsp3) is 0.211. The Balaban J connectivity index is 1.68. The van der Waals surface area contributed by atoms with Crippen molar-refractivity contribution < 1.29 is 18.0 Å². The van der Waals surface area contributed by atoms with E-state index in [2.05, 4.69) is 20.9 Å². The number of amides is 1. The van der Waals surface area contributed by atoms with Crippen molar-refractivity contribution in [3.8, 4) is 0 Å². The molecular formula is C19H16F3N5OS. The molecule has 4 rings (SSSR count). The molecule has 29 heavy (non-hydrogen) atoms. The minimum Gasteiger partial charge on any atom is -0.324 e. The first-order chi connectivity index (χ1) is 13.8. The summed E-state index contributed by atoms with van der Waals surface area (Å²) >= 11 is 1.16. The molecule has 6 nitrogen and oxygen atoms in total. The first kappa shape index (κ1) is 19.3. The zero-order valence-electron chi connectivity index (χ0n) is 15.1. The van der Waals surface area contributed by atoms with Crippen LogP contribution in [0.3, 0.4) is 0 Å². The average molecular weight is 419 g/mol. The van der Waals surface area contributed by atoms with Crippen LogP contribution >= 0.6 is 11.8 Å². The molecule has 2 N–H and O–H groups in total. The summed E-state index contributed by atoms with van der Waals surface area (Å²) < 4.78 is 41.6. The molecule has 0 saturated heterocycles. The molecule has 1 aliphatic heterocycles. The number of para-hydroxylation sites is 1. The maximum Gasteiger partial charge on any atom is 0.418 e. The van der Waals surface area contributed by atoms with E-state index in [1.54, 1.807) is 11.6 Å². The second-order valence-electron chi connectivity index (χ2n) is 6.45. The summed E-state index contributed by atoms with van der Waals surface area (Å²) in [5.74, 6) is 0.0645. The second-order valence-corrected chi connectivity index (χ2v) is 7.56. The van der Waals surface area contributed by atoms with Gasteiger partial charge >= 0.3 is 6.18 Å². The Morgan fingerprint density at radius 3 is 2.52 bits per heavy atom. The second kappa shape index (κ2) is 7.43. The fourth-order valence-electron chi connectivity index (χ4n) is 3.11. The molecule has 150 valence electrons. The van der Waals surface area contributed by atoms with Gasteiger partial charge in [0.15, 0.2) is 0 Å². The molecular weight excluding hydrogens is 403 g/mol. The Kier molecular flexibility index (Phi) is 4.95. The van der Waals surface area contributed by atoms with Gasteiger partial charge in [0.25, 0.3) is 0 Å². The van der Waals surface area contributed by atoms with E-state index in [4.69, 9.17) is 0 Å². The number of rotatable bonds is 3. The normalized spacial score (nSPS) is 18.6. The first-order valence-corrected chi connectivity index (χ1v) is 9.60. The highest BCUT2D eigenvalue weighted by Gasteiger charge is 2.39. The van der Waals surface area contributed by atoms with Crippen LogP contribution in [0.1, 0.15) is 23.0 Å². The van der Waals surface area contributed by atoms with E-state index in [0.717, 1.165) is 23.4 Å². The van der Waals surface area contributed by atoms with Gasteiger partial charge in [-0.3, -0.25) is 4.79 Å². The third-order valence-corrected chi connectivity index (χ3v) is 5.72. The van der Waals surface area contributed by atoms with E-state index in [9.17, 15) is 18.0 Å². The van der Waals surface area contributed by atoms with Gasteiger partial charge in [0.05, 0.1) is 17.3 Å². The van der Waals surface area contributed by atoms with Crippen molar-refractivity contribution in [3.63, 3.8) is 0 Å². The topological polar surface area (TPSA) is 71.8 Å². The van der Waals surface area contributed by atoms with Gasteiger partial charge in [-0.15, -0.1) is 10.2 Å². The third kappa shape index (κ3) is 3.80. The summed E-state index contributed by atoms with van der Waals surface area (Å²) in [6.45, 7) is 1.77. The third-order valence-electron chi connectivity index (χ3n) is 4.51. The van der Waals surface area contributed by atoms with Crippen molar-refractivity contribution in [2.45, 2.75) is 29.5 Å². The smallest absolute Gasteiger partial charge is 0.324 e. The number of aryl methyl sites for hydroxylation is 1. The number of fused-ring (bicyclic) bond motifs is 1. The molecule has 1 aliphatic rings. The van der Waals surface area contributed by atoms with Crippen LogP contribution < -0.4 is 10.7 Å². The molecule has 0 fully saturated rings. The number of thioether (sulfide) groups is 1. The molecule has 2 aromatic carbocycles. The van der Waals surface area contributed by atoms with Gasteiger partial charge < -0.3 is 10.7 Å². The molecule has 0 saturated carbocycles. The Morgan fingerprint density at radius 2 is 1.79 bits per heavy atom. The standard InChI is InChI=1S/C19H16F3N5OS/c1-11-24-25-18-27(11)26-15(12-7-3-2-4-8-12)16(29-18)17(28)23-14-10-6-5-9-13(14)19(20,21)22/h2-10,15-16,26H,1H3,(H,23,28). The number of carbonyl (C=O) groups is 1. The molecule has 10 heteroatoms. The lowest BCUT2D eigenvalue weighted by molar-refractivity contribution is -0.137. The SMILES string of the molecule is Cc1nnc2n1NC(c1ccccc1)C(C(=O)Nc1ccccc1C(F)(F)F)S2. The highest BCUT2D eigenvalue weighted by atomic mass is 32.2. The Labute approximate surface area is 168 Å². The number of carbonyl (C=O) groups excluding carboxylic acids is 1. The number of nitrogens with one attached hydrogen (secondary N) is 2. The summed E-state index contributed by atoms with van der Waals surface area (Å²) in [6.07, 6.45) is -4.57. The quantitative estimate of drug-likeness (QED) is 0.672. The van der Waals surface area contributed by atoms with Crippen molar-refractivity contribution in [1.29, 1.82) is 0 Å². The van der Waals surface area contributed by atoms with Gasteiger partial charge in [-0.05, 0) is 24.6 Å². The van der Waals surface area contributed by atoms with E-state index in [0.29, 0.717) is 11.0 Å². The van der Waals surface area contributed by atoms with Gasteiger partial charge in [-0.2, -0.15) is 13.2 Å². The molecule has 2 atom stereocenters. The summed E-state index contributed by atoms with van der Waals surface area (Å²) in [5, 5.41) is 10.2. The molecule has 2 heterocycles. The van der Waals surface area contributed by atoms with Crippen LogP contribution in [0.25, 0.3) is 0 Å². The lowest BCUT2D eigenvalue weighted by atomic mass is 10.0. The van der Waals surface area contributed by atoms with Crippen molar-refractivity contribution in [3.05, 3.63) is 71.5 Å². The lowest BCUT2D eigenvalue weighted by Crippen LogP contribution is -2.41. The predicted octanol–water partition coefficient (Wildman–Crippen LogP) is 4.00. The van der Waals surface area contributed by atoms with Crippen LogP contribution in [0.5, 0.6) is 0 Å². The molecule has 0 bridgehead atoms. The largest absolute Gasteiger partial charge is 0.418 e. The minimum absolute atomic E-state index is 0.277. The van der Waals surface area contributed by atoms with Crippen LogP contribution in [0.4, 0.5) is 18.9 Å². The summed E-state index contributed by atoms with van der Waals surface area (Å²) in [5.41, 5.74) is 2.86.